The van der Waals surface area contributed by atoms with Gasteiger partial charge in [0.05, 0.1) is 12.1 Å². The second kappa shape index (κ2) is 6.10. The van der Waals surface area contributed by atoms with E-state index in [4.69, 9.17) is 5.11 Å². The van der Waals surface area contributed by atoms with Crippen LogP contribution in [0.4, 0.5) is 5.69 Å². The number of benzene rings is 2. The van der Waals surface area contributed by atoms with E-state index >= 15 is 0 Å². The van der Waals surface area contributed by atoms with Gasteiger partial charge in [-0.3, -0.25) is 9.59 Å². The number of rotatable bonds is 4. The summed E-state index contributed by atoms with van der Waals surface area (Å²) >= 11 is 0. The average molecular weight is 362 g/mol. The smallest absolute Gasteiger partial charge is 0.326 e. The lowest BCUT2D eigenvalue weighted by Crippen LogP contribution is -2.29. The summed E-state index contributed by atoms with van der Waals surface area (Å²) in [6, 6.07) is 11.2. The van der Waals surface area contributed by atoms with Crippen molar-refractivity contribution >= 4 is 27.8 Å². The summed E-state index contributed by atoms with van der Waals surface area (Å²) in [6.45, 7) is -0.390. The van der Waals surface area contributed by atoms with Crippen LogP contribution in [0.1, 0.15) is 5.56 Å². The maximum atomic E-state index is 11.8. The van der Waals surface area contributed by atoms with Gasteiger partial charge in [0.15, 0.2) is 0 Å². The molecule has 0 radical (unpaired) electrons. The van der Waals surface area contributed by atoms with Crippen LogP contribution in [-0.2, 0) is 26.2 Å². The van der Waals surface area contributed by atoms with Crippen LogP contribution in [-0.4, -0.2) is 37.1 Å². The zero-order valence-electron chi connectivity index (χ0n) is 12.8. The van der Waals surface area contributed by atoms with Gasteiger partial charge in [-0.15, -0.1) is 0 Å². The third-order valence-electron chi connectivity index (χ3n) is 3.71. The largest absolute Gasteiger partial charge is 0.506 e. The molecule has 0 saturated carbocycles. The predicted octanol–water partition coefficient (Wildman–Crippen LogP) is 0.867. The van der Waals surface area contributed by atoms with Crippen LogP contribution >= 0.6 is 0 Å². The van der Waals surface area contributed by atoms with Crippen molar-refractivity contribution in [3.8, 4) is 16.9 Å². The molecule has 9 heteroatoms. The fraction of sp³-hybridized carbons (Fsp3) is 0.125. The molecule has 1 fully saturated rings. The van der Waals surface area contributed by atoms with Crippen molar-refractivity contribution in [2.75, 3.05) is 10.8 Å². The number of carbonyl (C=O) groups is 2. The van der Waals surface area contributed by atoms with Gasteiger partial charge < -0.3 is 10.2 Å². The van der Waals surface area contributed by atoms with E-state index in [9.17, 15) is 23.1 Å². The summed E-state index contributed by atoms with van der Waals surface area (Å²) in [4.78, 5) is 22.0. The second-order valence-corrected chi connectivity index (χ2v) is 7.10. The topological polar surface area (TPSA) is 124 Å². The number of phenols is 1. The number of carboxylic acids is 1. The third-order valence-corrected chi connectivity index (χ3v) is 5.10. The number of amides is 1. The molecule has 0 atom stereocenters. The van der Waals surface area contributed by atoms with Gasteiger partial charge in [0.25, 0.3) is 5.91 Å². The Hall–Kier alpha value is -3.07. The fourth-order valence-electron chi connectivity index (χ4n) is 2.56. The Morgan fingerprint density at radius 3 is 2.28 bits per heavy atom. The number of anilines is 1. The van der Waals surface area contributed by atoms with E-state index in [2.05, 4.69) is 0 Å². The zero-order chi connectivity index (χ0) is 18.2. The maximum Gasteiger partial charge on any atom is 0.326 e. The van der Waals surface area contributed by atoms with Gasteiger partial charge in [0.2, 0.25) is 0 Å². The van der Waals surface area contributed by atoms with Crippen LogP contribution < -0.4 is 9.03 Å². The van der Waals surface area contributed by atoms with Crippen molar-refractivity contribution in [1.29, 1.82) is 0 Å². The summed E-state index contributed by atoms with van der Waals surface area (Å²) in [5.41, 5.74) is 2.00. The number of hydrogen-bond donors (Lipinski definition) is 3. The minimum atomic E-state index is -3.99. The monoisotopic (exact) mass is 362 g/mol. The first-order valence-electron chi connectivity index (χ1n) is 7.24. The van der Waals surface area contributed by atoms with Crippen LogP contribution in [0.5, 0.6) is 5.75 Å². The number of aliphatic carboxylic acids is 1. The molecule has 0 bridgehead atoms. The Morgan fingerprint density at radius 2 is 1.76 bits per heavy atom. The molecule has 3 N–H and O–H groups in total. The summed E-state index contributed by atoms with van der Waals surface area (Å²) in [5, 5.41) is 19.0. The molecule has 130 valence electrons. The van der Waals surface area contributed by atoms with Gasteiger partial charge in [-0.2, -0.15) is 8.42 Å². The van der Waals surface area contributed by atoms with E-state index < -0.39 is 22.1 Å². The molecule has 0 aliphatic carbocycles. The first kappa shape index (κ1) is 16.8. The van der Waals surface area contributed by atoms with Crippen molar-refractivity contribution in [2.24, 2.45) is 0 Å². The molecule has 3 rings (SSSR count). The number of aromatic hydroxyl groups is 1. The van der Waals surface area contributed by atoms with Crippen molar-refractivity contribution in [2.45, 2.75) is 6.42 Å². The highest BCUT2D eigenvalue weighted by atomic mass is 32.2. The first-order chi connectivity index (χ1) is 11.8. The molecule has 1 saturated heterocycles. The number of nitrogens with one attached hydrogen (secondary N) is 1. The van der Waals surface area contributed by atoms with E-state index in [1.807, 2.05) is 4.72 Å². The van der Waals surface area contributed by atoms with Gasteiger partial charge in [-0.1, -0.05) is 30.3 Å². The fourth-order valence-corrected chi connectivity index (χ4v) is 3.73. The number of hydrogen-bond acceptors (Lipinski definition) is 5. The lowest BCUT2D eigenvalue weighted by Gasteiger charge is -2.16. The van der Waals surface area contributed by atoms with Crippen LogP contribution in [0.2, 0.25) is 0 Å². The van der Waals surface area contributed by atoms with E-state index in [1.165, 1.54) is 12.1 Å². The highest BCUT2D eigenvalue weighted by molar-refractivity contribution is 7.92. The van der Waals surface area contributed by atoms with E-state index in [0.29, 0.717) is 11.1 Å². The Kier molecular flexibility index (Phi) is 4.09. The molecule has 0 unspecified atom stereocenters. The van der Waals surface area contributed by atoms with Crippen LogP contribution in [0.25, 0.3) is 11.1 Å². The van der Waals surface area contributed by atoms with Crippen molar-refractivity contribution in [3.05, 3.63) is 48.0 Å². The van der Waals surface area contributed by atoms with Crippen molar-refractivity contribution in [3.63, 3.8) is 0 Å². The standard InChI is InChI=1S/C16H14N2O6S/c19-14-8-12(11-3-1-10(2-4-11)7-16(21)22)5-6-13(14)18-9-15(20)17-25(18,23)24/h1-6,8,19H,7,9H2,(H,17,20)(H,21,22). The molecule has 1 amide bonds. The van der Waals surface area contributed by atoms with Crippen molar-refractivity contribution < 1.29 is 28.2 Å². The molecule has 2 aromatic carbocycles. The molecule has 1 aliphatic heterocycles. The third kappa shape index (κ3) is 3.41. The molecule has 2 aromatic rings. The Bertz CT molecular complexity index is 953. The number of carbonyl (C=O) groups excluding carboxylic acids is 1. The van der Waals surface area contributed by atoms with Crippen molar-refractivity contribution in [1.82, 2.24) is 4.72 Å². The lowest BCUT2D eigenvalue weighted by atomic mass is 10.0. The molecule has 0 aromatic heterocycles. The Labute approximate surface area is 143 Å². The quantitative estimate of drug-likeness (QED) is 0.741. The molecular formula is C16H14N2O6S. The van der Waals surface area contributed by atoms with Gasteiger partial charge in [-0.25, -0.2) is 9.03 Å². The highest BCUT2D eigenvalue weighted by Gasteiger charge is 2.35. The number of phenolic OH excluding ortho intramolecular Hbond substituents is 1. The minimum Gasteiger partial charge on any atom is -0.506 e. The lowest BCUT2D eigenvalue weighted by molar-refractivity contribution is -0.136. The van der Waals surface area contributed by atoms with Crippen LogP contribution in [0, 0.1) is 0 Å². The molecule has 8 nitrogen and oxygen atoms in total. The Morgan fingerprint density at radius 1 is 1.12 bits per heavy atom. The number of nitrogens with zero attached hydrogens (tertiary/aromatic N) is 1. The Balaban J connectivity index is 1.90. The molecule has 25 heavy (non-hydrogen) atoms. The molecule has 1 aliphatic rings. The van der Waals surface area contributed by atoms with Gasteiger partial charge in [-0.05, 0) is 28.8 Å². The second-order valence-electron chi connectivity index (χ2n) is 5.51. The number of carboxylic acid groups (broad SMARTS) is 1. The summed E-state index contributed by atoms with van der Waals surface area (Å²) in [5.74, 6) is -1.88. The summed E-state index contributed by atoms with van der Waals surface area (Å²) < 4.78 is 26.3. The van der Waals surface area contributed by atoms with Crippen LogP contribution in [0.3, 0.4) is 0 Å². The average Bonchev–Trinajstić information content (AvgIpc) is 2.80. The predicted molar refractivity (Wildman–Crippen MR) is 89.3 cm³/mol. The zero-order valence-corrected chi connectivity index (χ0v) is 13.7. The van der Waals surface area contributed by atoms with Gasteiger partial charge in [0.1, 0.15) is 12.3 Å². The molecule has 1 heterocycles. The first-order valence-corrected chi connectivity index (χ1v) is 8.68. The summed E-state index contributed by atoms with van der Waals surface area (Å²) in [6.07, 6.45) is -0.0850. The molecular weight excluding hydrogens is 348 g/mol. The van der Waals surface area contributed by atoms with E-state index in [-0.39, 0.29) is 24.4 Å². The van der Waals surface area contributed by atoms with Gasteiger partial charge >= 0.3 is 16.2 Å². The highest BCUT2D eigenvalue weighted by Crippen LogP contribution is 2.34. The summed E-state index contributed by atoms with van der Waals surface area (Å²) in [7, 11) is -3.99. The van der Waals surface area contributed by atoms with E-state index in [1.54, 1.807) is 30.3 Å². The maximum absolute atomic E-state index is 11.8. The van der Waals surface area contributed by atoms with E-state index in [0.717, 1.165) is 9.87 Å². The van der Waals surface area contributed by atoms with Crippen LogP contribution in [0.15, 0.2) is 42.5 Å². The molecule has 0 spiro atoms. The normalized spacial score (nSPS) is 15.8. The SMILES string of the molecule is O=C(O)Cc1ccc(-c2ccc(N3CC(=O)NS3(=O)=O)c(O)c2)cc1. The van der Waals surface area contributed by atoms with Gasteiger partial charge in [0, 0.05) is 0 Å². The minimum absolute atomic E-state index is 0.00426.